The lowest BCUT2D eigenvalue weighted by molar-refractivity contribution is -0.133. The third-order valence-corrected chi connectivity index (χ3v) is 10.1. The van der Waals surface area contributed by atoms with Crippen molar-refractivity contribution in [3.8, 4) is 0 Å². The fourth-order valence-electron chi connectivity index (χ4n) is 8.09. The molecule has 1 heterocycles. The van der Waals surface area contributed by atoms with Crippen LogP contribution in [0.15, 0.2) is 11.8 Å². The van der Waals surface area contributed by atoms with Crippen LogP contribution in [-0.2, 0) is 7.05 Å². The van der Waals surface area contributed by atoms with Crippen molar-refractivity contribution in [3.63, 3.8) is 0 Å². The monoisotopic (exact) mass is 398 g/mol. The summed E-state index contributed by atoms with van der Waals surface area (Å²) < 4.78 is 1.91. The molecule has 8 atom stereocenters. The molecule has 0 aliphatic heterocycles. The Morgan fingerprint density at radius 1 is 1.07 bits per heavy atom. The highest BCUT2D eigenvalue weighted by Crippen LogP contribution is 2.67. The average Bonchev–Trinajstić information content (AvgIpc) is 3.14. The van der Waals surface area contributed by atoms with Crippen LogP contribution in [0.25, 0.3) is 6.08 Å². The Kier molecular flexibility index (Phi) is 4.57. The van der Waals surface area contributed by atoms with Crippen LogP contribution in [0.1, 0.15) is 76.5 Å². The van der Waals surface area contributed by atoms with Crippen molar-refractivity contribution in [1.82, 2.24) is 9.78 Å². The van der Waals surface area contributed by atoms with Crippen LogP contribution >= 0.6 is 0 Å². The predicted octanol–water partition coefficient (Wildman–Crippen LogP) is 4.49. The van der Waals surface area contributed by atoms with E-state index in [0.717, 1.165) is 48.8 Å². The van der Waals surface area contributed by atoms with Crippen molar-refractivity contribution < 1.29 is 10.2 Å². The maximum Gasteiger partial charge on any atom is 0.0809 e. The van der Waals surface area contributed by atoms with Gasteiger partial charge in [-0.25, -0.2) is 0 Å². The molecule has 0 spiro atoms. The van der Waals surface area contributed by atoms with E-state index in [1.165, 1.54) is 31.3 Å². The molecule has 4 saturated carbocycles. The first kappa shape index (κ1) is 19.8. The molecule has 29 heavy (non-hydrogen) atoms. The van der Waals surface area contributed by atoms with Gasteiger partial charge in [0.1, 0.15) is 0 Å². The standard InChI is InChI=1S/C25H38N2O2/c1-15-17(14-26-27(15)4)11-16-12-22-20-6-5-18-13-19(28)7-9-24(18,2)21(20)8-10-25(22,3)23(16)29/h11,14,18-23,28-29H,5-10,12-13H2,1-4H3/b16-11-/t18-,19-,20+,21-,22-,23+,24-,25-/m0/s1. The molecule has 0 saturated heterocycles. The number of aliphatic hydroxyl groups is 2. The number of aromatic nitrogens is 2. The zero-order chi connectivity index (χ0) is 20.6. The highest BCUT2D eigenvalue weighted by atomic mass is 16.3. The maximum absolute atomic E-state index is 11.4. The summed E-state index contributed by atoms with van der Waals surface area (Å²) in [6, 6.07) is 0. The van der Waals surface area contributed by atoms with Gasteiger partial charge >= 0.3 is 0 Å². The summed E-state index contributed by atoms with van der Waals surface area (Å²) in [4.78, 5) is 0. The SMILES string of the molecule is Cc1c(/C=C2/C[C@H]3[C@@H]4CC[C@H]5C[C@@H](O)CC[C@]5(C)[C@H]4CC[C@]3(C)[C@@H]2O)cnn1C. The van der Waals surface area contributed by atoms with Gasteiger partial charge in [0, 0.05) is 23.7 Å². The number of nitrogens with zero attached hydrogens (tertiary/aromatic N) is 2. The molecule has 4 heteroatoms. The summed E-state index contributed by atoms with van der Waals surface area (Å²) in [6.07, 6.45) is 12.9. The summed E-state index contributed by atoms with van der Waals surface area (Å²) in [7, 11) is 1.98. The van der Waals surface area contributed by atoms with Gasteiger partial charge in [-0.3, -0.25) is 4.68 Å². The normalized spacial score (nSPS) is 48.3. The molecule has 4 aliphatic rings. The van der Waals surface area contributed by atoms with E-state index >= 15 is 0 Å². The van der Waals surface area contributed by atoms with E-state index in [1.807, 2.05) is 17.9 Å². The minimum atomic E-state index is -0.327. The Bertz CT molecular complexity index is 829. The first-order valence-corrected chi connectivity index (χ1v) is 11.8. The predicted molar refractivity (Wildman–Crippen MR) is 115 cm³/mol. The van der Waals surface area contributed by atoms with Crippen LogP contribution in [0.3, 0.4) is 0 Å². The summed E-state index contributed by atoms with van der Waals surface area (Å²) in [6.45, 7) is 6.99. The first-order valence-electron chi connectivity index (χ1n) is 11.8. The smallest absolute Gasteiger partial charge is 0.0809 e. The Morgan fingerprint density at radius 2 is 1.83 bits per heavy atom. The van der Waals surface area contributed by atoms with Crippen molar-refractivity contribution in [2.75, 3.05) is 0 Å². The van der Waals surface area contributed by atoms with Crippen LogP contribution in [0, 0.1) is 41.4 Å². The van der Waals surface area contributed by atoms with Gasteiger partial charge in [-0.05, 0) is 99.0 Å². The minimum Gasteiger partial charge on any atom is -0.393 e. The van der Waals surface area contributed by atoms with Crippen molar-refractivity contribution in [3.05, 3.63) is 23.0 Å². The molecule has 160 valence electrons. The summed E-state index contributed by atoms with van der Waals surface area (Å²) >= 11 is 0. The fourth-order valence-corrected chi connectivity index (χ4v) is 8.09. The van der Waals surface area contributed by atoms with Gasteiger partial charge in [0.15, 0.2) is 0 Å². The molecule has 2 N–H and O–H groups in total. The second-order valence-electron chi connectivity index (χ2n) is 11.3. The van der Waals surface area contributed by atoms with Gasteiger partial charge in [-0.1, -0.05) is 13.8 Å². The molecule has 4 nitrogen and oxygen atoms in total. The molecular formula is C25H38N2O2. The second kappa shape index (κ2) is 6.68. The Morgan fingerprint density at radius 3 is 2.55 bits per heavy atom. The zero-order valence-corrected chi connectivity index (χ0v) is 18.6. The molecule has 4 aliphatic carbocycles. The van der Waals surface area contributed by atoms with Crippen LogP contribution in [-0.4, -0.2) is 32.2 Å². The summed E-state index contributed by atoms with van der Waals surface area (Å²) in [5.41, 5.74) is 3.94. The lowest BCUT2D eigenvalue weighted by Gasteiger charge is -2.60. The maximum atomic E-state index is 11.4. The highest BCUT2D eigenvalue weighted by molar-refractivity contribution is 5.57. The topological polar surface area (TPSA) is 58.3 Å². The molecule has 0 amide bonds. The van der Waals surface area contributed by atoms with Crippen LogP contribution in [0.4, 0.5) is 0 Å². The van der Waals surface area contributed by atoms with Gasteiger partial charge in [-0.2, -0.15) is 5.10 Å². The largest absolute Gasteiger partial charge is 0.393 e. The Labute approximate surface area is 175 Å². The molecule has 1 aromatic rings. The molecule has 1 aromatic heterocycles. The Balaban J connectivity index is 1.45. The number of hydrogen-bond acceptors (Lipinski definition) is 3. The van der Waals surface area contributed by atoms with E-state index in [-0.39, 0.29) is 17.6 Å². The number of aliphatic hydroxyl groups excluding tert-OH is 2. The minimum absolute atomic E-state index is 0.0144. The van der Waals surface area contributed by atoms with Gasteiger partial charge < -0.3 is 10.2 Å². The first-order chi connectivity index (χ1) is 13.7. The molecule has 0 aromatic carbocycles. The molecular weight excluding hydrogens is 360 g/mol. The molecule has 0 bridgehead atoms. The van der Waals surface area contributed by atoms with E-state index in [1.54, 1.807) is 0 Å². The van der Waals surface area contributed by atoms with E-state index in [9.17, 15) is 10.2 Å². The lowest BCUT2D eigenvalue weighted by Crippen LogP contribution is -2.54. The average molecular weight is 399 g/mol. The second-order valence-corrected chi connectivity index (χ2v) is 11.3. The van der Waals surface area contributed by atoms with Crippen LogP contribution in [0.2, 0.25) is 0 Å². The van der Waals surface area contributed by atoms with E-state index in [0.29, 0.717) is 17.3 Å². The Hall–Kier alpha value is -1.13. The lowest BCUT2D eigenvalue weighted by atomic mass is 9.45. The number of rotatable bonds is 1. The van der Waals surface area contributed by atoms with Crippen molar-refractivity contribution >= 4 is 6.08 Å². The number of fused-ring (bicyclic) bond motifs is 5. The van der Waals surface area contributed by atoms with Crippen molar-refractivity contribution in [2.24, 2.45) is 41.5 Å². The number of aryl methyl sites for hydroxylation is 1. The van der Waals surface area contributed by atoms with E-state index in [4.69, 9.17) is 0 Å². The van der Waals surface area contributed by atoms with Gasteiger partial charge in [0.2, 0.25) is 0 Å². The molecule has 0 radical (unpaired) electrons. The third-order valence-electron chi connectivity index (χ3n) is 10.1. The van der Waals surface area contributed by atoms with E-state index < -0.39 is 0 Å². The summed E-state index contributed by atoms with van der Waals surface area (Å²) in [5, 5.41) is 26.0. The summed E-state index contributed by atoms with van der Waals surface area (Å²) in [5.74, 6) is 2.76. The fraction of sp³-hybridized carbons (Fsp3) is 0.800. The van der Waals surface area contributed by atoms with Crippen molar-refractivity contribution in [1.29, 1.82) is 0 Å². The third kappa shape index (κ3) is 2.81. The van der Waals surface area contributed by atoms with E-state index in [2.05, 4.69) is 31.9 Å². The van der Waals surface area contributed by atoms with Gasteiger partial charge in [-0.15, -0.1) is 0 Å². The molecule has 5 rings (SSSR count). The van der Waals surface area contributed by atoms with Gasteiger partial charge in [0.05, 0.1) is 18.4 Å². The van der Waals surface area contributed by atoms with Crippen molar-refractivity contribution in [2.45, 2.75) is 84.3 Å². The quantitative estimate of drug-likeness (QED) is 0.733. The highest BCUT2D eigenvalue weighted by Gasteiger charge is 2.61. The van der Waals surface area contributed by atoms with Gasteiger partial charge in [0.25, 0.3) is 0 Å². The van der Waals surface area contributed by atoms with Crippen LogP contribution < -0.4 is 0 Å². The zero-order valence-electron chi connectivity index (χ0n) is 18.6. The number of hydrogen-bond donors (Lipinski definition) is 2. The molecule has 4 fully saturated rings. The van der Waals surface area contributed by atoms with Crippen LogP contribution in [0.5, 0.6) is 0 Å². The molecule has 0 unspecified atom stereocenters.